The second-order valence-electron chi connectivity index (χ2n) is 3.64. The zero-order valence-electron chi connectivity index (χ0n) is 8.02. The smallest absolute Gasteiger partial charge is 0.236 e. The van der Waals surface area contributed by atoms with E-state index in [-0.39, 0.29) is 5.75 Å². The maximum Gasteiger partial charge on any atom is 0.236 e. The highest BCUT2D eigenvalue weighted by atomic mass is 35.7. The molecule has 1 aromatic carbocycles. The minimum atomic E-state index is -3.47. The summed E-state index contributed by atoms with van der Waals surface area (Å²) in [6.07, 6.45) is 2.57. The third kappa shape index (κ3) is 3.72. The molecule has 5 heteroatoms. The van der Waals surface area contributed by atoms with Gasteiger partial charge in [0.1, 0.15) is 5.75 Å². The third-order valence-electron chi connectivity index (χ3n) is 2.09. The zero-order valence-corrected chi connectivity index (χ0v) is 9.59. The molecule has 0 unspecified atom stereocenters. The molecule has 0 aromatic heterocycles. The third-order valence-corrected chi connectivity index (χ3v) is 3.10. The molecule has 1 aromatic rings. The maximum atomic E-state index is 10.8. The molecule has 0 bridgehead atoms. The predicted octanol–water partition coefficient (Wildman–Crippen LogP) is 2.30. The molecule has 0 radical (unpaired) electrons. The second-order valence-corrected chi connectivity index (χ2v) is 6.42. The first-order valence-electron chi connectivity index (χ1n) is 4.71. The van der Waals surface area contributed by atoms with Gasteiger partial charge in [0.15, 0.2) is 0 Å². The molecular formula is C10H11ClO3S. The fourth-order valence-electron chi connectivity index (χ4n) is 1.24. The Morgan fingerprint density at radius 3 is 2.33 bits per heavy atom. The molecule has 0 saturated heterocycles. The van der Waals surface area contributed by atoms with Crippen LogP contribution >= 0.6 is 10.7 Å². The van der Waals surface area contributed by atoms with Crippen LogP contribution in [0.5, 0.6) is 5.75 Å². The van der Waals surface area contributed by atoms with E-state index >= 15 is 0 Å². The monoisotopic (exact) mass is 246 g/mol. The molecular weight excluding hydrogens is 236 g/mol. The van der Waals surface area contributed by atoms with E-state index in [9.17, 15) is 8.42 Å². The lowest BCUT2D eigenvalue weighted by atomic mass is 10.2. The minimum Gasteiger partial charge on any atom is -0.490 e. The Hall–Kier alpha value is -0.740. The Morgan fingerprint density at radius 2 is 1.87 bits per heavy atom. The van der Waals surface area contributed by atoms with Gasteiger partial charge in [0.25, 0.3) is 0 Å². The predicted molar refractivity (Wildman–Crippen MR) is 58.6 cm³/mol. The van der Waals surface area contributed by atoms with E-state index in [1.807, 2.05) is 0 Å². The Labute approximate surface area is 93.4 Å². The van der Waals surface area contributed by atoms with Crippen molar-refractivity contribution >= 4 is 19.7 Å². The van der Waals surface area contributed by atoms with E-state index in [1.165, 1.54) is 0 Å². The summed E-state index contributed by atoms with van der Waals surface area (Å²) in [5.41, 5.74) is 0.674. The lowest BCUT2D eigenvalue weighted by molar-refractivity contribution is 0.303. The number of hydrogen-bond acceptors (Lipinski definition) is 3. The van der Waals surface area contributed by atoms with Gasteiger partial charge >= 0.3 is 0 Å². The number of benzene rings is 1. The van der Waals surface area contributed by atoms with Gasteiger partial charge in [-0.25, -0.2) is 8.42 Å². The lowest BCUT2D eigenvalue weighted by Gasteiger charge is -2.04. The molecule has 82 valence electrons. The van der Waals surface area contributed by atoms with Gasteiger partial charge in [-0.05, 0) is 30.5 Å². The van der Waals surface area contributed by atoms with Crippen LogP contribution in [0.2, 0.25) is 0 Å². The molecule has 0 spiro atoms. The molecule has 0 atom stereocenters. The quantitative estimate of drug-likeness (QED) is 0.766. The first kappa shape index (κ1) is 10.8. The summed E-state index contributed by atoms with van der Waals surface area (Å²) < 4.78 is 27.1. The van der Waals surface area contributed by atoms with Gasteiger partial charge in [-0.2, -0.15) is 0 Å². The van der Waals surface area contributed by atoms with Crippen molar-refractivity contribution in [2.45, 2.75) is 24.7 Å². The Balaban J connectivity index is 2.02. The van der Waals surface area contributed by atoms with Crippen LogP contribution in [0.15, 0.2) is 24.3 Å². The number of halogens is 1. The molecule has 0 N–H and O–H groups in total. The van der Waals surface area contributed by atoms with Crippen molar-refractivity contribution in [3.8, 4) is 5.75 Å². The van der Waals surface area contributed by atoms with Crippen molar-refractivity contribution in [1.82, 2.24) is 0 Å². The molecule has 15 heavy (non-hydrogen) atoms. The summed E-state index contributed by atoms with van der Waals surface area (Å²) in [4.78, 5) is 0. The van der Waals surface area contributed by atoms with Crippen LogP contribution in [-0.2, 0) is 14.8 Å². The lowest BCUT2D eigenvalue weighted by Crippen LogP contribution is -1.97. The van der Waals surface area contributed by atoms with E-state index < -0.39 is 9.05 Å². The fourth-order valence-corrected chi connectivity index (χ4v) is 2.21. The van der Waals surface area contributed by atoms with Crippen molar-refractivity contribution in [3.05, 3.63) is 29.8 Å². The van der Waals surface area contributed by atoms with E-state index in [2.05, 4.69) is 0 Å². The number of ether oxygens (including phenoxy) is 1. The average molecular weight is 247 g/mol. The van der Waals surface area contributed by atoms with Crippen LogP contribution in [0.1, 0.15) is 18.4 Å². The van der Waals surface area contributed by atoms with Crippen molar-refractivity contribution in [2.75, 3.05) is 0 Å². The summed E-state index contributed by atoms with van der Waals surface area (Å²) >= 11 is 0. The largest absolute Gasteiger partial charge is 0.490 e. The van der Waals surface area contributed by atoms with Crippen LogP contribution in [0.3, 0.4) is 0 Å². The average Bonchev–Trinajstić information content (AvgIpc) is 2.90. The van der Waals surface area contributed by atoms with Crippen molar-refractivity contribution < 1.29 is 13.2 Å². The molecule has 1 aliphatic rings. The molecule has 0 aliphatic heterocycles. The van der Waals surface area contributed by atoms with Crippen molar-refractivity contribution in [1.29, 1.82) is 0 Å². The molecule has 1 fully saturated rings. The van der Waals surface area contributed by atoms with Gasteiger partial charge in [0.05, 0.1) is 11.9 Å². The van der Waals surface area contributed by atoms with Crippen LogP contribution < -0.4 is 4.74 Å². The molecule has 0 amide bonds. The van der Waals surface area contributed by atoms with Gasteiger partial charge in [-0.1, -0.05) is 12.1 Å². The first-order valence-corrected chi connectivity index (χ1v) is 7.19. The SMILES string of the molecule is O=S(=O)(Cl)Cc1ccc(OC2CC2)cc1. The topological polar surface area (TPSA) is 43.4 Å². The highest BCUT2D eigenvalue weighted by Crippen LogP contribution is 2.26. The van der Waals surface area contributed by atoms with Gasteiger partial charge in [0, 0.05) is 10.7 Å². The molecule has 1 aliphatic carbocycles. The Kier molecular flexibility index (Phi) is 2.89. The van der Waals surface area contributed by atoms with Crippen molar-refractivity contribution in [3.63, 3.8) is 0 Å². The molecule has 3 nitrogen and oxygen atoms in total. The van der Waals surface area contributed by atoms with Crippen LogP contribution in [-0.4, -0.2) is 14.5 Å². The van der Waals surface area contributed by atoms with Gasteiger partial charge in [-0.15, -0.1) is 0 Å². The van der Waals surface area contributed by atoms with Crippen LogP contribution in [0.25, 0.3) is 0 Å². The van der Waals surface area contributed by atoms with E-state index in [0.717, 1.165) is 18.6 Å². The summed E-state index contributed by atoms with van der Waals surface area (Å²) in [5.74, 6) is 0.645. The number of rotatable bonds is 4. The van der Waals surface area contributed by atoms with Crippen LogP contribution in [0.4, 0.5) is 0 Å². The van der Waals surface area contributed by atoms with Crippen LogP contribution in [0, 0.1) is 0 Å². The summed E-state index contributed by atoms with van der Waals surface area (Å²) in [7, 11) is 1.67. The normalized spacial score (nSPS) is 16.3. The minimum absolute atomic E-state index is 0.141. The zero-order chi connectivity index (χ0) is 10.9. The molecule has 1 saturated carbocycles. The van der Waals surface area contributed by atoms with E-state index in [1.54, 1.807) is 24.3 Å². The standard InChI is InChI=1S/C10H11ClO3S/c11-15(12,13)7-8-1-3-9(4-2-8)14-10-5-6-10/h1-4,10H,5-7H2. The summed E-state index contributed by atoms with van der Waals surface area (Å²) in [5, 5.41) is 0. The summed E-state index contributed by atoms with van der Waals surface area (Å²) in [6, 6.07) is 6.99. The van der Waals surface area contributed by atoms with Crippen molar-refractivity contribution in [2.24, 2.45) is 0 Å². The maximum absolute atomic E-state index is 10.8. The summed E-state index contributed by atoms with van der Waals surface area (Å²) in [6.45, 7) is 0. The fraction of sp³-hybridized carbons (Fsp3) is 0.400. The molecule has 2 rings (SSSR count). The Bertz CT molecular complexity index is 434. The molecule has 0 heterocycles. The number of hydrogen-bond donors (Lipinski definition) is 0. The van der Waals surface area contributed by atoms with Gasteiger partial charge in [-0.3, -0.25) is 0 Å². The van der Waals surface area contributed by atoms with Gasteiger partial charge < -0.3 is 4.74 Å². The first-order chi connectivity index (χ1) is 7.03. The van der Waals surface area contributed by atoms with Gasteiger partial charge in [0.2, 0.25) is 9.05 Å². The highest BCUT2D eigenvalue weighted by Gasteiger charge is 2.23. The van der Waals surface area contributed by atoms with E-state index in [0.29, 0.717) is 11.7 Å². The highest BCUT2D eigenvalue weighted by molar-refractivity contribution is 8.13. The second kappa shape index (κ2) is 4.02. The Morgan fingerprint density at radius 1 is 1.27 bits per heavy atom. The van der Waals surface area contributed by atoms with E-state index in [4.69, 9.17) is 15.4 Å².